The minimum Gasteiger partial charge on any atom is -0.353 e. The van der Waals surface area contributed by atoms with E-state index in [9.17, 15) is 4.79 Å². The molecule has 0 aromatic heterocycles. The van der Waals surface area contributed by atoms with Crippen LogP contribution in [-0.2, 0) is 11.3 Å². The van der Waals surface area contributed by atoms with Crippen molar-refractivity contribution in [2.24, 2.45) is 5.73 Å². The van der Waals surface area contributed by atoms with Crippen LogP contribution in [0.1, 0.15) is 25.0 Å². The number of likely N-dealkylation sites (N-methyl/N-ethyl adjacent to an activating group) is 1. The minimum atomic E-state index is 0.0352. The van der Waals surface area contributed by atoms with Crippen LogP contribution in [0.5, 0.6) is 0 Å². The van der Waals surface area contributed by atoms with Crippen LogP contribution in [0, 0.1) is 11.8 Å². The van der Waals surface area contributed by atoms with Crippen molar-refractivity contribution >= 4 is 5.91 Å². The standard InChI is InChI=1S/C16H23N3O/c1-13(2)18-16(20)12-19(3)11-15-8-5-4-7-14(15)9-6-10-17/h4-5,7-8,13H,10-12,17H2,1-3H3,(H,18,20). The van der Waals surface area contributed by atoms with E-state index in [2.05, 4.69) is 17.2 Å². The number of hydrogen-bond acceptors (Lipinski definition) is 3. The molecule has 0 fully saturated rings. The highest BCUT2D eigenvalue weighted by molar-refractivity contribution is 5.78. The third-order valence-corrected chi connectivity index (χ3v) is 2.65. The lowest BCUT2D eigenvalue weighted by atomic mass is 10.1. The van der Waals surface area contributed by atoms with Crippen LogP contribution in [0.2, 0.25) is 0 Å². The molecule has 0 bridgehead atoms. The zero-order chi connectivity index (χ0) is 15.0. The Morgan fingerprint density at radius 3 is 2.75 bits per heavy atom. The summed E-state index contributed by atoms with van der Waals surface area (Å²) in [4.78, 5) is 13.7. The Morgan fingerprint density at radius 1 is 1.40 bits per heavy atom. The predicted octanol–water partition coefficient (Wildman–Crippen LogP) is 0.953. The number of rotatable bonds is 5. The molecule has 1 aromatic rings. The molecule has 0 radical (unpaired) electrons. The van der Waals surface area contributed by atoms with Crippen molar-refractivity contribution in [2.45, 2.75) is 26.4 Å². The molecule has 0 atom stereocenters. The van der Waals surface area contributed by atoms with E-state index in [1.54, 1.807) is 0 Å². The second-order valence-electron chi connectivity index (χ2n) is 5.06. The normalized spacial score (nSPS) is 10.3. The molecule has 0 heterocycles. The molecular weight excluding hydrogens is 250 g/mol. The van der Waals surface area contributed by atoms with Crippen molar-refractivity contribution in [3.05, 3.63) is 35.4 Å². The van der Waals surface area contributed by atoms with Gasteiger partial charge in [-0.25, -0.2) is 0 Å². The van der Waals surface area contributed by atoms with Gasteiger partial charge < -0.3 is 11.1 Å². The SMILES string of the molecule is CC(C)NC(=O)CN(C)Cc1ccccc1C#CCN. The van der Waals surface area contributed by atoms with E-state index in [-0.39, 0.29) is 11.9 Å². The third-order valence-electron chi connectivity index (χ3n) is 2.65. The van der Waals surface area contributed by atoms with Gasteiger partial charge in [-0.1, -0.05) is 30.0 Å². The van der Waals surface area contributed by atoms with Crippen molar-refractivity contribution in [1.29, 1.82) is 0 Å². The lowest BCUT2D eigenvalue weighted by Crippen LogP contribution is -2.38. The molecule has 0 aliphatic heterocycles. The van der Waals surface area contributed by atoms with E-state index in [1.807, 2.05) is 50.1 Å². The molecule has 0 spiro atoms. The fraction of sp³-hybridized carbons (Fsp3) is 0.438. The Morgan fingerprint density at radius 2 is 2.10 bits per heavy atom. The van der Waals surface area contributed by atoms with Crippen molar-refractivity contribution in [3.8, 4) is 11.8 Å². The highest BCUT2D eigenvalue weighted by atomic mass is 16.2. The first-order valence-corrected chi connectivity index (χ1v) is 6.77. The van der Waals surface area contributed by atoms with Gasteiger partial charge >= 0.3 is 0 Å². The van der Waals surface area contributed by atoms with Crippen LogP contribution >= 0.6 is 0 Å². The fourth-order valence-corrected chi connectivity index (χ4v) is 1.89. The van der Waals surface area contributed by atoms with Gasteiger partial charge in [0, 0.05) is 18.2 Å². The molecule has 1 rings (SSSR count). The average Bonchev–Trinajstić information content (AvgIpc) is 2.36. The lowest BCUT2D eigenvalue weighted by Gasteiger charge is -2.18. The molecule has 0 saturated carbocycles. The van der Waals surface area contributed by atoms with Gasteiger partial charge in [0.1, 0.15) is 0 Å². The van der Waals surface area contributed by atoms with Crippen LogP contribution in [0.25, 0.3) is 0 Å². The number of amides is 1. The number of hydrogen-bond donors (Lipinski definition) is 2. The zero-order valence-corrected chi connectivity index (χ0v) is 12.4. The van der Waals surface area contributed by atoms with Crippen LogP contribution in [-0.4, -0.2) is 37.0 Å². The van der Waals surface area contributed by atoms with Gasteiger partial charge in [0.15, 0.2) is 0 Å². The molecule has 1 aromatic carbocycles. The smallest absolute Gasteiger partial charge is 0.234 e. The second-order valence-corrected chi connectivity index (χ2v) is 5.06. The number of nitrogens with zero attached hydrogens (tertiary/aromatic N) is 1. The topological polar surface area (TPSA) is 58.4 Å². The van der Waals surface area contributed by atoms with Gasteiger partial charge in [0.25, 0.3) is 0 Å². The first-order chi connectivity index (χ1) is 9.52. The summed E-state index contributed by atoms with van der Waals surface area (Å²) >= 11 is 0. The molecule has 0 aliphatic rings. The number of carbonyl (C=O) groups is 1. The summed E-state index contributed by atoms with van der Waals surface area (Å²) in [5, 5.41) is 2.88. The van der Waals surface area contributed by atoms with E-state index in [0.717, 1.165) is 11.1 Å². The Hall–Kier alpha value is -1.83. The maximum Gasteiger partial charge on any atom is 0.234 e. The van der Waals surface area contributed by atoms with Crippen LogP contribution < -0.4 is 11.1 Å². The summed E-state index contributed by atoms with van der Waals surface area (Å²) in [6.07, 6.45) is 0. The van der Waals surface area contributed by atoms with E-state index in [4.69, 9.17) is 5.73 Å². The average molecular weight is 273 g/mol. The zero-order valence-electron chi connectivity index (χ0n) is 12.4. The second kappa shape index (κ2) is 8.36. The van der Waals surface area contributed by atoms with E-state index >= 15 is 0 Å². The quantitative estimate of drug-likeness (QED) is 0.785. The number of nitrogens with two attached hydrogens (primary N) is 1. The van der Waals surface area contributed by atoms with E-state index in [0.29, 0.717) is 19.6 Å². The third kappa shape index (κ3) is 5.87. The van der Waals surface area contributed by atoms with Gasteiger partial charge in [-0.2, -0.15) is 0 Å². The number of benzene rings is 1. The Balaban J connectivity index is 2.66. The van der Waals surface area contributed by atoms with Gasteiger partial charge in [0.2, 0.25) is 5.91 Å². The van der Waals surface area contributed by atoms with Crippen molar-refractivity contribution in [1.82, 2.24) is 10.2 Å². The summed E-state index contributed by atoms with van der Waals surface area (Å²) in [6.45, 7) is 5.31. The van der Waals surface area contributed by atoms with E-state index in [1.165, 1.54) is 0 Å². The summed E-state index contributed by atoms with van der Waals surface area (Å²) in [7, 11) is 1.92. The highest BCUT2D eigenvalue weighted by Gasteiger charge is 2.09. The van der Waals surface area contributed by atoms with Crippen LogP contribution in [0.15, 0.2) is 24.3 Å². The molecular formula is C16H23N3O. The Labute approximate surface area is 121 Å². The van der Waals surface area contributed by atoms with Crippen molar-refractivity contribution in [3.63, 3.8) is 0 Å². The summed E-state index contributed by atoms with van der Waals surface area (Å²) < 4.78 is 0. The minimum absolute atomic E-state index is 0.0352. The highest BCUT2D eigenvalue weighted by Crippen LogP contribution is 2.09. The number of carbonyl (C=O) groups excluding carboxylic acids is 1. The first-order valence-electron chi connectivity index (χ1n) is 6.77. The van der Waals surface area contributed by atoms with Crippen LogP contribution in [0.3, 0.4) is 0 Å². The molecule has 0 aliphatic carbocycles. The lowest BCUT2D eigenvalue weighted by molar-refractivity contribution is -0.122. The molecule has 3 N–H and O–H groups in total. The van der Waals surface area contributed by atoms with Crippen molar-refractivity contribution < 1.29 is 4.79 Å². The van der Waals surface area contributed by atoms with E-state index < -0.39 is 0 Å². The Bertz CT molecular complexity index is 500. The molecule has 0 unspecified atom stereocenters. The predicted molar refractivity (Wildman–Crippen MR) is 82.0 cm³/mol. The van der Waals surface area contributed by atoms with Crippen LogP contribution in [0.4, 0.5) is 0 Å². The first kappa shape index (κ1) is 16.2. The molecule has 0 saturated heterocycles. The maximum absolute atomic E-state index is 11.7. The summed E-state index contributed by atoms with van der Waals surface area (Å²) in [5.41, 5.74) is 7.47. The number of nitrogens with one attached hydrogen (secondary N) is 1. The molecule has 108 valence electrons. The fourth-order valence-electron chi connectivity index (χ4n) is 1.89. The van der Waals surface area contributed by atoms with Crippen molar-refractivity contribution in [2.75, 3.05) is 20.1 Å². The Kier molecular flexibility index (Phi) is 6.78. The van der Waals surface area contributed by atoms with Gasteiger partial charge in [-0.3, -0.25) is 9.69 Å². The molecule has 4 heteroatoms. The largest absolute Gasteiger partial charge is 0.353 e. The molecule has 20 heavy (non-hydrogen) atoms. The van der Waals surface area contributed by atoms with Gasteiger partial charge in [-0.05, 0) is 32.5 Å². The molecule has 1 amide bonds. The molecule has 4 nitrogen and oxygen atoms in total. The monoisotopic (exact) mass is 273 g/mol. The summed E-state index contributed by atoms with van der Waals surface area (Å²) in [6, 6.07) is 8.09. The summed E-state index contributed by atoms with van der Waals surface area (Å²) in [5.74, 6) is 5.96. The maximum atomic E-state index is 11.7. The van der Waals surface area contributed by atoms with Gasteiger partial charge in [0.05, 0.1) is 13.1 Å². The van der Waals surface area contributed by atoms with Gasteiger partial charge in [-0.15, -0.1) is 0 Å².